The lowest BCUT2D eigenvalue weighted by Gasteiger charge is -2.21. The van der Waals surface area contributed by atoms with Crippen molar-refractivity contribution in [1.82, 2.24) is 16.1 Å². The Bertz CT molecular complexity index is 544. The molecule has 6 nitrogen and oxygen atoms in total. The number of benzene rings is 1. The maximum Gasteiger partial charge on any atom is 0.257 e. The van der Waals surface area contributed by atoms with Gasteiger partial charge in [-0.25, -0.2) is 9.87 Å². The van der Waals surface area contributed by atoms with E-state index in [0.29, 0.717) is 6.54 Å². The summed E-state index contributed by atoms with van der Waals surface area (Å²) in [4.78, 5) is 23.5. The van der Waals surface area contributed by atoms with Gasteiger partial charge in [0.05, 0.1) is 6.54 Å². The van der Waals surface area contributed by atoms with Crippen molar-refractivity contribution in [2.45, 2.75) is 33.2 Å². The van der Waals surface area contributed by atoms with E-state index in [9.17, 15) is 14.0 Å². The number of carbonyl (C=O) groups excluding carboxylic acids is 2. The van der Waals surface area contributed by atoms with E-state index in [1.165, 1.54) is 23.7 Å². The van der Waals surface area contributed by atoms with Crippen molar-refractivity contribution in [1.29, 1.82) is 0 Å². The Morgan fingerprint density at radius 3 is 2.48 bits per heavy atom. The molecule has 0 saturated heterocycles. The highest BCUT2D eigenvalue weighted by Gasteiger charge is 2.24. The maximum atomic E-state index is 13.9. The minimum Gasteiger partial charge on any atom is -0.354 e. The van der Waals surface area contributed by atoms with Crippen LogP contribution >= 0.6 is 0 Å². The van der Waals surface area contributed by atoms with E-state index in [-0.39, 0.29) is 17.5 Å². The summed E-state index contributed by atoms with van der Waals surface area (Å²) in [6.45, 7) is 6.29. The van der Waals surface area contributed by atoms with Crippen molar-refractivity contribution in [2.24, 2.45) is 5.41 Å². The van der Waals surface area contributed by atoms with Crippen molar-refractivity contribution in [3.63, 3.8) is 0 Å². The molecule has 1 rings (SSSR count). The Hall–Kier alpha value is -1.99. The lowest BCUT2D eigenvalue weighted by molar-refractivity contribution is -0.129. The number of hydroxylamine groups is 1. The monoisotopic (exact) mass is 325 g/mol. The molecule has 0 heterocycles. The van der Waals surface area contributed by atoms with E-state index >= 15 is 0 Å². The van der Waals surface area contributed by atoms with Gasteiger partial charge in [-0.2, -0.15) is 0 Å². The highest BCUT2D eigenvalue weighted by atomic mass is 19.1. The van der Waals surface area contributed by atoms with Crippen LogP contribution in [0, 0.1) is 11.2 Å². The van der Waals surface area contributed by atoms with Gasteiger partial charge in [0.2, 0.25) is 5.91 Å². The third-order valence-corrected chi connectivity index (χ3v) is 3.24. The molecule has 1 aromatic rings. The second-order valence-electron chi connectivity index (χ2n) is 6.47. The third-order valence-electron chi connectivity index (χ3n) is 3.24. The van der Waals surface area contributed by atoms with Crippen molar-refractivity contribution in [3.8, 4) is 0 Å². The summed E-state index contributed by atoms with van der Waals surface area (Å²) >= 11 is 0. The molecule has 2 amide bonds. The van der Waals surface area contributed by atoms with Gasteiger partial charge < -0.3 is 5.32 Å². The highest BCUT2D eigenvalue weighted by Crippen LogP contribution is 2.19. The Morgan fingerprint density at radius 1 is 1.26 bits per heavy atom. The molecule has 0 fully saturated rings. The molecular weight excluding hydrogens is 301 g/mol. The molecule has 4 N–H and O–H groups in total. The molecule has 1 atom stereocenters. The fraction of sp³-hybridized carbons (Fsp3) is 0.500. The fourth-order valence-electron chi connectivity index (χ4n) is 1.95. The van der Waals surface area contributed by atoms with Crippen LogP contribution in [0.4, 0.5) is 4.39 Å². The number of halogens is 1. The number of hydrogen-bond donors (Lipinski definition) is 4. The molecule has 0 aromatic heterocycles. The van der Waals surface area contributed by atoms with E-state index in [1.54, 1.807) is 6.07 Å². The first-order chi connectivity index (χ1) is 10.7. The van der Waals surface area contributed by atoms with Crippen LogP contribution < -0.4 is 16.1 Å². The van der Waals surface area contributed by atoms with Crippen LogP contribution in [0.15, 0.2) is 24.3 Å². The minimum atomic E-state index is -1.02. The van der Waals surface area contributed by atoms with Crippen LogP contribution in [0.1, 0.15) is 38.8 Å². The minimum absolute atomic E-state index is 0.0605. The average Bonchev–Trinajstić information content (AvgIpc) is 2.47. The van der Waals surface area contributed by atoms with Gasteiger partial charge in [0.15, 0.2) is 0 Å². The van der Waals surface area contributed by atoms with Gasteiger partial charge >= 0.3 is 0 Å². The first-order valence-electron chi connectivity index (χ1n) is 7.43. The average molecular weight is 325 g/mol. The van der Waals surface area contributed by atoms with Crippen molar-refractivity contribution in [2.75, 3.05) is 13.1 Å². The molecule has 1 aromatic carbocycles. The van der Waals surface area contributed by atoms with Gasteiger partial charge in [0, 0.05) is 12.1 Å². The van der Waals surface area contributed by atoms with Gasteiger partial charge in [-0.05, 0) is 17.9 Å². The summed E-state index contributed by atoms with van der Waals surface area (Å²) in [6.07, 6.45) is 0.764. The molecule has 0 radical (unpaired) electrons. The predicted molar refractivity (Wildman–Crippen MR) is 84.2 cm³/mol. The topological polar surface area (TPSA) is 90.5 Å². The standard InChI is InChI=1S/C16H24FN3O3/c1-16(2,3)8-9-18-15(22)14(19-10-13(21)20-23)11-6-4-5-7-12(11)17/h4-7,14,19,23H,8-10H2,1-3H3,(H,18,22)(H,20,21). The largest absolute Gasteiger partial charge is 0.354 e. The summed E-state index contributed by atoms with van der Waals surface area (Å²) in [6, 6.07) is 4.84. The first-order valence-corrected chi connectivity index (χ1v) is 7.43. The zero-order chi connectivity index (χ0) is 17.5. The first kappa shape index (κ1) is 19.1. The number of nitrogens with one attached hydrogen (secondary N) is 3. The van der Waals surface area contributed by atoms with Gasteiger partial charge in [0.25, 0.3) is 5.91 Å². The zero-order valence-electron chi connectivity index (χ0n) is 13.6. The third kappa shape index (κ3) is 6.75. The number of amides is 2. The summed E-state index contributed by atoms with van der Waals surface area (Å²) in [5.74, 6) is -1.68. The Balaban J connectivity index is 2.80. The summed E-state index contributed by atoms with van der Waals surface area (Å²) < 4.78 is 13.9. The molecule has 0 spiro atoms. The Labute approximate surface area is 135 Å². The van der Waals surface area contributed by atoms with Gasteiger partial charge in [0.1, 0.15) is 11.9 Å². The summed E-state index contributed by atoms with van der Waals surface area (Å²) in [5.41, 5.74) is 1.67. The fourth-order valence-corrected chi connectivity index (χ4v) is 1.95. The van der Waals surface area contributed by atoms with Crippen molar-refractivity contribution in [3.05, 3.63) is 35.6 Å². The van der Waals surface area contributed by atoms with E-state index in [4.69, 9.17) is 5.21 Å². The molecule has 0 bridgehead atoms. The molecule has 23 heavy (non-hydrogen) atoms. The normalized spacial score (nSPS) is 12.6. The van der Waals surface area contributed by atoms with E-state index < -0.39 is 23.7 Å². The number of hydrogen-bond acceptors (Lipinski definition) is 4. The van der Waals surface area contributed by atoms with Crippen LogP contribution in [-0.4, -0.2) is 30.1 Å². The Kier molecular flexibility index (Phi) is 7.12. The SMILES string of the molecule is CC(C)(C)CCNC(=O)C(NCC(=O)NO)c1ccccc1F. The second kappa shape index (κ2) is 8.59. The van der Waals surface area contributed by atoms with Crippen molar-refractivity contribution >= 4 is 11.8 Å². The van der Waals surface area contributed by atoms with Gasteiger partial charge in [-0.3, -0.25) is 20.1 Å². The lowest BCUT2D eigenvalue weighted by Crippen LogP contribution is -2.42. The zero-order valence-corrected chi connectivity index (χ0v) is 13.6. The van der Waals surface area contributed by atoms with E-state index in [0.717, 1.165) is 6.42 Å². The summed E-state index contributed by atoms with van der Waals surface area (Å²) in [5, 5.41) is 13.9. The van der Waals surface area contributed by atoms with Crippen LogP contribution in [0.2, 0.25) is 0 Å². The smallest absolute Gasteiger partial charge is 0.257 e. The quantitative estimate of drug-likeness (QED) is 0.452. The molecule has 1 unspecified atom stereocenters. The summed E-state index contributed by atoms with van der Waals surface area (Å²) in [7, 11) is 0. The van der Waals surface area contributed by atoms with Crippen molar-refractivity contribution < 1.29 is 19.2 Å². The molecule has 0 aliphatic heterocycles. The maximum absolute atomic E-state index is 13.9. The Morgan fingerprint density at radius 2 is 1.91 bits per heavy atom. The number of rotatable bonds is 7. The van der Waals surface area contributed by atoms with E-state index in [1.807, 2.05) is 0 Å². The molecule has 0 aliphatic carbocycles. The molecule has 0 saturated carbocycles. The molecular formula is C16H24FN3O3. The van der Waals surface area contributed by atoms with Gasteiger partial charge in [-0.1, -0.05) is 39.0 Å². The predicted octanol–water partition coefficient (Wildman–Crippen LogP) is 1.51. The van der Waals surface area contributed by atoms with E-state index in [2.05, 4.69) is 31.4 Å². The van der Waals surface area contributed by atoms with Crippen LogP contribution in [0.25, 0.3) is 0 Å². The molecule has 0 aliphatic rings. The number of carbonyl (C=O) groups is 2. The van der Waals surface area contributed by atoms with Crippen LogP contribution in [0.3, 0.4) is 0 Å². The van der Waals surface area contributed by atoms with Gasteiger partial charge in [-0.15, -0.1) is 0 Å². The molecule has 7 heteroatoms. The lowest BCUT2D eigenvalue weighted by atomic mass is 9.92. The van der Waals surface area contributed by atoms with Crippen LogP contribution in [-0.2, 0) is 9.59 Å². The molecule has 128 valence electrons. The second-order valence-corrected chi connectivity index (χ2v) is 6.47. The highest BCUT2D eigenvalue weighted by molar-refractivity contribution is 5.84. The van der Waals surface area contributed by atoms with Crippen LogP contribution in [0.5, 0.6) is 0 Å².